The molecule has 14 heteroatoms. The van der Waals surface area contributed by atoms with Gasteiger partial charge in [0.25, 0.3) is 0 Å². The highest BCUT2D eigenvalue weighted by Crippen LogP contribution is 2.49. The van der Waals surface area contributed by atoms with Gasteiger partial charge in [-0.15, -0.1) is 0 Å². The van der Waals surface area contributed by atoms with Crippen molar-refractivity contribution in [2.75, 3.05) is 38.7 Å². The van der Waals surface area contributed by atoms with E-state index in [-0.39, 0.29) is 60.5 Å². The van der Waals surface area contributed by atoms with Crippen molar-refractivity contribution in [3.63, 3.8) is 0 Å². The summed E-state index contributed by atoms with van der Waals surface area (Å²) in [7, 11) is -2.44. The Labute approximate surface area is 285 Å². The van der Waals surface area contributed by atoms with Crippen LogP contribution in [0.25, 0.3) is 10.2 Å². The largest absolute Gasteiger partial charge is 0.497 e. The van der Waals surface area contributed by atoms with Crippen molar-refractivity contribution < 1.29 is 37.3 Å². The van der Waals surface area contributed by atoms with E-state index < -0.39 is 28.3 Å². The minimum atomic E-state index is -4.02. The van der Waals surface area contributed by atoms with Crippen LogP contribution >= 0.6 is 11.3 Å². The van der Waals surface area contributed by atoms with Gasteiger partial charge in [0.15, 0.2) is 11.4 Å². The molecule has 3 N–H and O–H groups in total. The number of aliphatic hydroxyl groups is 1. The fraction of sp³-hybridized carbons (Fsp3) is 0.588. The fourth-order valence-corrected chi connectivity index (χ4v) is 9.85. The van der Waals surface area contributed by atoms with Crippen LogP contribution in [-0.2, 0) is 30.7 Å². The van der Waals surface area contributed by atoms with E-state index in [9.17, 15) is 18.3 Å². The maximum Gasteiger partial charge on any atom is 0.407 e. The highest BCUT2D eigenvalue weighted by atomic mass is 32.2. The summed E-state index contributed by atoms with van der Waals surface area (Å²) in [4.78, 5) is 18.2. The van der Waals surface area contributed by atoms with Gasteiger partial charge in [-0.3, -0.25) is 0 Å². The number of alkyl carbamates (subject to hydrolysis) is 1. The molecule has 7 unspecified atom stereocenters. The Morgan fingerprint density at radius 1 is 1.10 bits per heavy atom. The monoisotopic (exact) mass is 700 g/mol. The van der Waals surface area contributed by atoms with E-state index in [2.05, 4.69) is 15.6 Å². The molecule has 3 heterocycles. The molecule has 2 aliphatic carbocycles. The third-order valence-electron chi connectivity index (χ3n) is 9.78. The van der Waals surface area contributed by atoms with Crippen LogP contribution in [0.4, 0.5) is 9.93 Å². The average Bonchev–Trinajstić information content (AvgIpc) is 3.51. The molecule has 1 aromatic heterocycles. The second-order valence-electron chi connectivity index (χ2n) is 13.9. The van der Waals surface area contributed by atoms with Gasteiger partial charge in [0.2, 0.25) is 10.0 Å². The maximum atomic E-state index is 14.2. The molecule has 2 saturated carbocycles. The minimum Gasteiger partial charge on any atom is -0.497 e. The van der Waals surface area contributed by atoms with Gasteiger partial charge in [-0.25, -0.2) is 18.2 Å². The van der Waals surface area contributed by atoms with Crippen LogP contribution in [0.3, 0.4) is 0 Å². The molecule has 1 amide bonds. The normalized spacial score (nSPS) is 26.2. The molecule has 48 heavy (non-hydrogen) atoms. The number of carbonyl (C=O) groups excluding carboxylic acids is 1. The number of ether oxygens (including phenoxy) is 4. The van der Waals surface area contributed by atoms with E-state index in [1.54, 1.807) is 25.3 Å². The standard InChI is InChI=1S/C34H44N4O8S2/c1-19(2)15-38(48(41,42)24-10-11-27-30(14-24)47-33(36-27)35-22-6-7-22)16-29(39)28(12-20-4-8-23(43-3)9-5-20)37-34(40)46-31-21-13-25-26(31)18-45-32(25)44-17-21/h4-5,8-11,14,19,21-22,25-26,28-29,31-32,39H,6-7,12-13,15-18H2,1-3H3,(H,35,36)(H,37,40). The molecule has 12 nitrogen and oxygen atoms in total. The highest BCUT2D eigenvalue weighted by Gasteiger charge is 2.56. The molecule has 2 aliphatic heterocycles. The van der Waals surface area contributed by atoms with E-state index in [0.717, 1.165) is 40.2 Å². The van der Waals surface area contributed by atoms with Crippen LogP contribution < -0.4 is 15.4 Å². The zero-order valence-corrected chi connectivity index (χ0v) is 29.0. The van der Waals surface area contributed by atoms with E-state index in [4.69, 9.17) is 18.9 Å². The average molecular weight is 701 g/mol. The second-order valence-corrected chi connectivity index (χ2v) is 16.9. The lowest BCUT2D eigenvalue weighted by atomic mass is 9.98. The molecule has 0 radical (unpaired) electrons. The van der Waals surface area contributed by atoms with Crippen molar-refractivity contribution in [1.29, 1.82) is 0 Å². The van der Waals surface area contributed by atoms with E-state index in [1.807, 2.05) is 38.1 Å². The Bertz CT molecular complexity index is 1710. The Kier molecular flexibility index (Phi) is 9.57. The number of benzene rings is 2. The van der Waals surface area contributed by atoms with Crippen LogP contribution in [0.2, 0.25) is 0 Å². The lowest BCUT2D eigenvalue weighted by Gasteiger charge is -2.31. The molecule has 7 atom stereocenters. The van der Waals surface area contributed by atoms with E-state index >= 15 is 0 Å². The maximum absolute atomic E-state index is 14.2. The number of anilines is 1. The van der Waals surface area contributed by atoms with Crippen molar-refractivity contribution in [2.24, 2.45) is 23.7 Å². The number of aromatic nitrogens is 1. The number of hydrogen-bond acceptors (Lipinski definition) is 11. The lowest BCUT2D eigenvalue weighted by Crippen LogP contribution is -2.52. The SMILES string of the molecule is COc1ccc(CC(NC(=O)OC2C3COC4OCC2C4C3)C(O)CN(CC(C)C)S(=O)(=O)c2ccc3nc(NC4CC4)sc3c2)cc1. The Morgan fingerprint density at radius 2 is 1.88 bits per heavy atom. The molecule has 260 valence electrons. The number of sulfonamides is 1. The minimum absolute atomic E-state index is 0.0205. The van der Waals surface area contributed by atoms with Crippen molar-refractivity contribution in [2.45, 2.75) is 75.0 Å². The number of carbonyl (C=O) groups is 1. The first-order valence-electron chi connectivity index (χ1n) is 16.8. The molecule has 2 saturated heterocycles. The fourth-order valence-electron chi connectivity index (χ4n) is 7.15. The Balaban J connectivity index is 1.10. The summed E-state index contributed by atoms with van der Waals surface area (Å²) in [6.07, 6.45) is 0.867. The first kappa shape index (κ1) is 33.5. The number of thiazole rings is 1. The number of nitrogens with zero attached hydrogens (tertiary/aromatic N) is 2. The van der Waals surface area contributed by atoms with Crippen LogP contribution in [0.1, 0.15) is 38.7 Å². The third kappa shape index (κ3) is 7.15. The Morgan fingerprint density at radius 3 is 2.60 bits per heavy atom. The molecule has 0 spiro atoms. The quantitative estimate of drug-likeness (QED) is 0.223. The van der Waals surface area contributed by atoms with E-state index in [0.29, 0.717) is 25.0 Å². The Hall–Kier alpha value is -3.01. The summed E-state index contributed by atoms with van der Waals surface area (Å²) in [6, 6.07) is 11.9. The lowest BCUT2D eigenvalue weighted by molar-refractivity contribution is -0.169. The topological polar surface area (TPSA) is 149 Å². The number of hydrogen-bond donors (Lipinski definition) is 3. The first-order chi connectivity index (χ1) is 23.1. The van der Waals surface area contributed by atoms with Crippen LogP contribution in [0.15, 0.2) is 47.4 Å². The summed E-state index contributed by atoms with van der Waals surface area (Å²) >= 11 is 1.43. The smallest absolute Gasteiger partial charge is 0.407 e. The predicted octanol–water partition coefficient (Wildman–Crippen LogP) is 4.23. The third-order valence-corrected chi connectivity index (χ3v) is 12.6. The van der Waals surface area contributed by atoms with Gasteiger partial charge in [-0.2, -0.15) is 4.31 Å². The van der Waals surface area contributed by atoms with Gasteiger partial charge in [-0.05, 0) is 67.5 Å². The van der Waals surface area contributed by atoms with E-state index in [1.165, 1.54) is 15.6 Å². The van der Waals surface area contributed by atoms with Gasteiger partial charge in [-0.1, -0.05) is 37.3 Å². The molecular weight excluding hydrogens is 657 g/mol. The zero-order valence-electron chi connectivity index (χ0n) is 27.4. The number of amides is 1. The van der Waals surface area contributed by atoms with Gasteiger partial charge < -0.3 is 34.7 Å². The molecule has 2 bridgehead atoms. The highest BCUT2D eigenvalue weighted by molar-refractivity contribution is 7.89. The predicted molar refractivity (Wildman–Crippen MR) is 181 cm³/mol. The summed E-state index contributed by atoms with van der Waals surface area (Å²) < 4.78 is 53.3. The van der Waals surface area contributed by atoms with Gasteiger partial charge >= 0.3 is 6.09 Å². The molecule has 7 rings (SSSR count). The van der Waals surface area contributed by atoms with Gasteiger partial charge in [0, 0.05) is 36.9 Å². The summed E-state index contributed by atoms with van der Waals surface area (Å²) in [5.41, 5.74) is 1.57. The molecule has 3 aromatic rings. The van der Waals surface area contributed by atoms with Crippen LogP contribution in [0, 0.1) is 23.7 Å². The number of nitrogens with one attached hydrogen (secondary N) is 2. The van der Waals surface area contributed by atoms with Crippen molar-refractivity contribution in [3.8, 4) is 5.75 Å². The second kappa shape index (κ2) is 13.7. The molecule has 4 fully saturated rings. The van der Waals surface area contributed by atoms with Crippen LogP contribution in [0.5, 0.6) is 5.75 Å². The zero-order chi connectivity index (χ0) is 33.6. The first-order valence-corrected chi connectivity index (χ1v) is 19.0. The van der Waals surface area contributed by atoms with Crippen molar-refractivity contribution in [3.05, 3.63) is 48.0 Å². The van der Waals surface area contributed by atoms with Gasteiger partial charge in [0.05, 0.1) is 47.6 Å². The van der Waals surface area contributed by atoms with Gasteiger partial charge in [0.1, 0.15) is 11.9 Å². The number of aliphatic hydroxyl groups excluding tert-OH is 1. The molecule has 2 aromatic carbocycles. The summed E-state index contributed by atoms with van der Waals surface area (Å²) in [5.74, 6) is 1.04. The van der Waals surface area contributed by atoms with Crippen molar-refractivity contribution in [1.82, 2.24) is 14.6 Å². The number of fused-ring (bicyclic) bond motifs is 2. The number of methoxy groups -OCH3 is 1. The summed E-state index contributed by atoms with van der Waals surface area (Å²) in [5, 5.41) is 18.8. The summed E-state index contributed by atoms with van der Waals surface area (Å²) in [6.45, 7) is 4.77. The number of rotatable bonds is 14. The molecule has 4 aliphatic rings. The van der Waals surface area contributed by atoms with Crippen molar-refractivity contribution >= 4 is 42.8 Å². The molecular formula is C34H44N4O8S2. The van der Waals surface area contributed by atoms with Crippen LogP contribution in [-0.4, -0.2) is 92.9 Å².